The number of imidazole rings is 1. The fourth-order valence-electron chi connectivity index (χ4n) is 12.3. The molecule has 0 saturated carbocycles. The number of rotatable bonds is 7. The summed E-state index contributed by atoms with van der Waals surface area (Å²) in [7, 11) is 0. The number of benzene rings is 7. The van der Waals surface area contributed by atoms with Crippen molar-refractivity contribution in [1.29, 1.82) is 0 Å². The average molecular weight is 1140 g/mol. The summed E-state index contributed by atoms with van der Waals surface area (Å²) in [6.07, 6.45) is 1.97. The van der Waals surface area contributed by atoms with Gasteiger partial charge in [-0.2, -0.15) is 0 Å². The molecule has 11 aromatic rings. The van der Waals surface area contributed by atoms with Crippen LogP contribution in [0, 0.1) is 41.5 Å². The van der Waals surface area contributed by atoms with Gasteiger partial charge in [-0.25, -0.2) is 4.98 Å². The molecule has 358 valence electrons. The van der Waals surface area contributed by atoms with E-state index in [0.717, 1.165) is 50.6 Å². The van der Waals surface area contributed by atoms with Gasteiger partial charge in [0.2, 0.25) is 0 Å². The number of aromatic nitrogens is 4. The second-order valence-corrected chi connectivity index (χ2v) is 30.9. The average Bonchev–Trinajstić information content (AvgIpc) is 3.90. The second kappa shape index (κ2) is 16.5. The van der Waals surface area contributed by atoms with E-state index >= 15 is 0 Å². The molecule has 1 aliphatic rings. The molecule has 0 radical (unpaired) electrons. The maximum atomic E-state index is 7.04. The van der Waals surface area contributed by atoms with Crippen molar-refractivity contribution in [3.05, 3.63) is 196 Å². The van der Waals surface area contributed by atoms with E-state index < -0.39 is 21.8 Å². The molecule has 6 heteroatoms. The van der Waals surface area contributed by atoms with Crippen LogP contribution in [0.5, 0.6) is 11.5 Å². The van der Waals surface area contributed by atoms with Crippen LogP contribution >= 0.6 is 0 Å². The van der Waals surface area contributed by atoms with Crippen molar-refractivity contribution < 1.29 is 4.74 Å². The normalized spacial score (nSPS) is 14.2. The Labute approximate surface area is 432 Å². The third kappa shape index (κ3) is 7.03. The summed E-state index contributed by atoms with van der Waals surface area (Å²) >= 11 is -2.94. The molecule has 5 heterocycles. The van der Waals surface area contributed by atoms with Gasteiger partial charge in [-0.3, -0.25) is 4.40 Å². The molecule has 72 heavy (non-hydrogen) atoms. The summed E-state index contributed by atoms with van der Waals surface area (Å²) in [5.41, 5.74) is 18.3. The maximum absolute atomic E-state index is 7.04. The van der Waals surface area contributed by atoms with Crippen molar-refractivity contribution in [2.75, 3.05) is 0 Å². The minimum absolute atomic E-state index is 0.0523. The third-order valence-electron chi connectivity index (χ3n) is 16.3. The van der Waals surface area contributed by atoms with Gasteiger partial charge < -0.3 is 0 Å². The van der Waals surface area contributed by atoms with Crippen molar-refractivity contribution in [2.45, 2.75) is 106 Å². The number of aryl methyl sites for hydroxylation is 6. The topological polar surface area (TPSA) is 44.4 Å². The number of ether oxygens (including phenoxy) is 1. The first-order valence-corrected chi connectivity index (χ1v) is 30.7. The quantitative estimate of drug-likeness (QED) is 0.118. The zero-order valence-corrected chi connectivity index (χ0v) is 47.5. The number of fused-ring (bicyclic) bond motifs is 6. The summed E-state index contributed by atoms with van der Waals surface area (Å²) in [6.45, 7) is 30.2. The van der Waals surface area contributed by atoms with E-state index in [1.807, 2.05) is 6.20 Å². The van der Waals surface area contributed by atoms with Crippen LogP contribution in [0.2, 0.25) is 0 Å². The Balaban J connectivity index is 1.06. The number of pyridine rings is 2. The van der Waals surface area contributed by atoms with Crippen LogP contribution in [-0.4, -0.2) is 40.7 Å². The van der Waals surface area contributed by atoms with Gasteiger partial charge in [0.25, 0.3) is 0 Å². The zero-order valence-electron chi connectivity index (χ0n) is 44.0. The molecule has 4 aromatic heterocycles. The predicted molar refractivity (Wildman–Crippen MR) is 305 cm³/mol. The Kier molecular flexibility index (Phi) is 10.6. The summed E-state index contributed by atoms with van der Waals surface area (Å²) in [4.78, 5) is 10.7. The predicted octanol–water partition coefficient (Wildman–Crippen LogP) is 14.8. The fraction of sp³-hybridized carbons (Fsp3) is 0.242. The van der Waals surface area contributed by atoms with E-state index in [1.54, 1.807) is 6.54 Å². The van der Waals surface area contributed by atoms with Gasteiger partial charge in [0.15, 0.2) is 0 Å². The molecule has 0 bridgehead atoms. The monoisotopic (exact) mass is 1140 g/mol. The second-order valence-electron chi connectivity index (χ2n) is 22.8. The summed E-state index contributed by atoms with van der Waals surface area (Å²) in [5.74, 6) is 2.44. The van der Waals surface area contributed by atoms with E-state index in [1.165, 1.54) is 80.5 Å². The van der Waals surface area contributed by atoms with E-state index in [-0.39, 0.29) is 16.2 Å². The van der Waals surface area contributed by atoms with Crippen molar-refractivity contribution >= 4 is 80.7 Å². The van der Waals surface area contributed by atoms with E-state index in [2.05, 4.69) is 239 Å². The van der Waals surface area contributed by atoms with Gasteiger partial charge in [0, 0.05) is 21.8 Å². The molecule has 5 nitrogen and oxygen atoms in total. The number of para-hydroxylation sites is 1. The summed E-state index contributed by atoms with van der Waals surface area (Å²) < 4.78 is 16.5. The Bertz CT molecular complexity index is 3970. The molecule has 0 fully saturated rings. The molecule has 1 aliphatic heterocycles. The summed E-state index contributed by atoms with van der Waals surface area (Å²) in [5, 5.41) is 5.89. The van der Waals surface area contributed by atoms with Crippen LogP contribution < -0.4 is 14.6 Å². The van der Waals surface area contributed by atoms with Gasteiger partial charge >= 0.3 is 305 Å². The Morgan fingerprint density at radius 2 is 1.18 bits per heavy atom. The molecule has 7 aromatic carbocycles. The Morgan fingerprint density at radius 3 is 1.83 bits per heavy atom. The van der Waals surface area contributed by atoms with Crippen LogP contribution in [0.15, 0.2) is 146 Å². The van der Waals surface area contributed by atoms with Gasteiger partial charge in [-0.15, -0.1) is 0 Å². The molecular formula is C66H63BiN4O. The molecule has 12 rings (SSSR count). The fourth-order valence-corrected chi connectivity index (χ4v) is 23.6. The van der Waals surface area contributed by atoms with E-state index in [0.29, 0.717) is 0 Å². The van der Waals surface area contributed by atoms with Gasteiger partial charge in [-0.05, 0) is 5.56 Å². The molecule has 0 saturated heterocycles. The van der Waals surface area contributed by atoms with E-state index in [4.69, 9.17) is 14.7 Å². The molecule has 0 aliphatic carbocycles. The number of hydrogen-bond acceptors (Lipinski definition) is 3. The molecule has 0 spiro atoms. The van der Waals surface area contributed by atoms with Gasteiger partial charge in [-0.1, -0.05) is 76.2 Å². The van der Waals surface area contributed by atoms with Crippen LogP contribution in [0.25, 0.3) is 66.2 Å². The number of hydrogen-bond donors (Lipinski definition) is 0. The molecular weight excluding hydrogens is 1070 g/mol. The first-order chi connectivity index (χ1) is 34.3. The van der Waals surface area contributed by atoms with Crippen LogP contribution in [0.1, 0.15) is 98.7 Å². The first kappa shape index (κ1) is 46.5. The Morgan fingerprint density at radius 1 is 0.542 bits per heavy atom. The van der Waals surface area contributed by atoms with Crippen molar-refractivity contribution in [2.24, 2.45) is 0 Å². The number of nitrogens with zero attached hydrogens (tertiary/aromatic N) is 4. The molecule has 0 amide bonds. The van der Waals surface area contributed by atoms with Crippen LogP contribution in [-0.2, 0) is 16.2 Å². The standard InChI is InChI=1S/C48H41N4O.2C9H11.Bi/c1-46(2,3)30-24-25-49-41(26-30)51-39-19-12-11-16-34(39)35-23-21-32(28-40(35)51)53-31-20-22-33-36-17-13-18-38-43(36)52-44(48(6,7)47(38,4)5)42(29-14-9-8-10-15-29)50-45(52)37(33)27-31;2*1-7-4-8(2)6-9(3)5-7;/h8-10,12-28H,1-7H3;2*4-5H,1-3H3;. The third-order valence-corrected chi connectivity index (χ3v) is 28.4. The Hall–Kier alpha value is -6.62. The summed E-state index contributed by atoms with van der Waals surface area (Å²) in [6, 6.07) is 52.1. The van der Waals surface area contributed by atoms with E-state index in [9.17, 15) is 0 Å². The molecule has 0 N–H and O–H groups in total. The van der Waals surface area contributed by atoms with Crippen LogP contribution in [0.3, 0.4) is 0 Å². The minimum atomic E-state index is -2.94. The van der Waals surface area contributed by atoms with Crippen molar-refractivity contribution in [1.82, 2.24) is 18.9 Å². The van der Waals surface area contributed by atoms with Gasteiger partial charge in [0.05, 0.1) is 16.9 Å². The van der Waals surface area contributed by atoms with Gasteiger partial charge in [0.1, 0.15) is 0 Å². The zero-order chi connectivity index (χ0) is 50.3. The SMILES string of the molecule is Cc1cc(C)[c]([Bi]([c]2ccc3c(c2)c2ccc(Oc4ccc5c(c4)c4nc(-c6ccccc6)c6n4c4c(cccc54)C(C)(C)C6(C)C)cc2n3-c2cc(C(C)(C)C)ccn2)[c]2c(C)cc(C)cc2C)c(C)c1. The molecule has 0 atom stereocenters. The van der Waals surface area contributed by atoms with Crippen molar-refractivity contribution in [3.8, 4) is 28.6 Å². The first-order valence-electron chi connectivity index (χ1n) is 25.5. The molecule has 0 unspecified atom stereocenters. The van der Waals surface area contributed by atoms with Crippen LogP contribution in [0.4, 0.5) is 0 Å². The van der Waals surface area contributed by atoms with Crippen molar-refractivity contribution in [3.63, 3.8) is 0 Å².